The summed E-state index contributed by atoms with van der Waals surface area (Å²) in [6.07, 6.45) is -0.470. The van der Waals surface area contributed by atoms with E-state index in [0.717, 1.165) is 11.3 Å². The Morgan fingerprint density at radius 2 is 2.00 bits per heavy atom. The van der Waals surface area contributed by atoms with Crippen LogP contribution >= 0.6 is 11.3 Å². The zero-order chi connectivity index (χ0) is 12.8. The number of hydrogen-bond donors (Lipinski definition) is 0. The van der Waals surface area contributed by atoms with Gasteiger partial charge in [-0.2, -0.15) is 0 Å². The van der Waals surface area contributed by atoms with Crippen molar-refractivity contribution in [3.63, 3.8) is 0 Å². The second kappa shape index (κ2) is 6.15. The highest BCUT2D eigenvalue weighted by Crippen LogP contribution is 2.24. The summed E-state index contributed by atoms with van der Waals surface area (Å²) in [6.45, 7) is 1.71. The van der Waals surface area contributed by atoms with E-state index in [4.69, 9.17) is 4.74 Å². The predicted molar refractivity (Wildman–Crippen MR) is 61.5 cm³/mol. The quantitative estimate of drug-likeness (QED) is 0.333. The molecular formula is C11H12O5S. The Kier molecular flexibility index (Phi) is 4.84. The molecule has 1 aromatic rings. The maximum absolute atomic E-state index is 11.6. The van der Waals surface area contributed by atoms with E-state index in [2.05, 4.69) is 4.74 Å². The minimum absolute atomic E-state index is 0.117. The lowest BCUT2D eigenvalue weighted by atomic mass is 10.2. The van der Waals surface area contributed by atoms with Crippen molar-refractivity contribution in [1.29, 1.82) is 0 Å². The molecule has 0 atom stereocenters. The lowest BCUT2D eigenvalue weighted by Crippen LogP contribution is -2.20. The van der Waals surface area contributed by atoms with Crippen LogP contribution in [-0.4, -0.2) is 31.3 Å². The largest absolute Gasteiger partial charge is 0.487 e. The molecule has 0 bridgehead atoms. The van der Waals surface area contributed by atoms with Gasteiger partial charge in [0.1, 0.15) is 0 Å². The average molecular weight is 256 g/mol. The van der Waals surface area contributed by atoms with Crippen molar-refractivity contribution in [3.05, 3.63) is 17.0 Å². The molecule has 0 unspecified atom stereocenters. The van der Waals surface area contributed by atoms with E-state index in [1.54, 1.807) is 19.1 Å². The van der Waals surface area contributed by atoms with Crippen LogP contribution < -0.4 is 4.74 Å². The van der Waals surface area contributed by atoms with E-state index in [1.807, 2.05) is 0 Å². The van der Waals surface area contributed by atoms with Crippen LogP contribution in [0, 0.1) is 0 Å². The monoisotopic (exact) mass is 256 g/mol. The molecule has 5 nitrogen and oxygen atoms in total. The molecule has 0 aromatic carbocycles. The fourth-order valence-corrected chi connectivity index (χ4v) is 1.85. The molecule has 0 aliphatic carbocycles. The molecular weight excluding hydrogens is 244 g/mol. The first-order valence-corrected chi connectivity index (χ1v) is 5.77. The highest BCUT2D eigenvalue weighted by molar-refractivity contribution is 7.15. The molecule has 0 spiro atoms. The molecule has 1 rings (SSSR count). The number of hydrogen-bond acceptors (Lipinski definition) is 6. The lowest BCUT2D eigenvalue weighted by molar-refractivity contribution is -0.153. The van der Waals surface area contributed by atoms with Crippen molar-refractivity contribution < 1.29 is 23.9 Å². The Bertz CT molecular complexity index is 435. The number of esters is 1. The summed E-state index contributed by atoms with van der Waals surface area (Å²) in [5.74, 6) is -2.20. The topological polar surface area (TPSA) is 69.7 Å². The third kappa shape index (κ3) is 3.67. The van der Waals surface area contributed by atoms with Crippen LogP contribution in [0.25, 0.3) is 0 Å². The Morgan fingerprint density at radius 1 is 1.29 bits per heavy atom. The third-order valence-corrected chi connectivity index (χ3v) is 2.97. The first-order chi connectivity index (χ1) is 8.08. The summed E-state index contributed by atoms with van der Waals surface area (Å²) in [7, 11) is 1.49. The van der Waals surface area contributed by atoms with Gasteiger partial charge in [0.2, 0.25) is 5.78 Å². The molecule has 6 heteroatoms. The molecule has 0 radical (unpaired) electrons. The number of ketones is 2. The zero-order valence-electron chi connectivity index (χ0n) is 9.52. The van der Waals surface area contributed by atoms with Gasteiger partial charge in [-0.1, -0.05) is 11.3 Å². The maximum atomic E-state index is 11.6. The van der Waals surface area contributed by atoms with Crippen LogP contribution in [0.5, 0.6) is 5.06 Å². The van der Waals surface area contributed by atoms with Crippen molar-refractivity contribution in [2.75, 3.05) is 13.7 Å². The van der Waals surface area contributed by atoms with Crippen molar-refractivity contribution >= 4 is 28.9 Å². The van der Waals surface area contributed by atoms with E-state index in [-0.39, 0.29) is 6.61 Å². The molecule has 0 N–H and O–H groups in total. The van der Waals surface area contributed by atoms with E-state index in [9.17, 15) is 14.4 Å². The second-order valence-electron chi connectivity index (χ2n) is 3.07. The van der Waals surface area contributed by atoms with Gasteiger partial charge < -0.3 is 9.47 Å². The van der Waals surface area contributed by atoms with Gasteiger partial charge in [0, 0.05) is 0 Å². The van der Waals surface area contributed by atoms with Gasteiger partial charge in [-0.15, -0.1) is 0 Å². The molecule has 1 aromatic heterocycles. The summed E-state index contributed by atoms with van der Waals surface area (Å²) < 4.78 is 9.43. The van der Waals surface area contributed by atoms with Gasteiger partial charge in [0.25, 0.3) is 0 Å². The summed E-state index contributed by atoms with van der Waals surface area (Å²) in [5.41, 5.74) is 0. The van der Waals surface area contributed by atoms with E-state index in [0.29, 0.717) is 9.94 Å². The highest BCUT2D eigenvalue weighted by Gasteiger charge is 2.21. The first-order valence-electron chi connectivity index (χ1n) is 4.95. The molecule has 17 heavy (non-hydrogen) atoms. The lowest BCUT2D eigenvalue weighted by Gasteiger charge is -1.99. The van der Waals surface area contributed by atoms with Crippen LogP contribution in [0.2, 0.25) is 0 Å². The van der Waals surface area contributed by atoms with Crippen molar-refractivity contribution in [3.8, 4) is 5.06 Å². The van der Waals surface area contributed by atoms with Gasteiger partial charge >= 0.3 is 5.97 Å². The molecule has 0 fully saturated rings. The molecule has 0 aliphatic heterocycles. The van der Waals surface area contributed by atoms with E-state index >= 15 is 0 Å². The minimum Gasteiger partial charge on any atom is -0.487 e. The SMILES string of the molecule is CCOC(=O)C(=O)CC(=O)c1ccc(OC)s1. The number of thiophene rings is 1. The summed E-state index contributed by atoms with van der Waals surface area (Å²) in [4.78, 5) is 34.3. The number of methoxy groups -OCH3 is 1. The smallest absolute Gasteiger partial charge is 0.375 e. The third-order valence-electron chi connectivity index (χ3n) is 1.88. The van der Waals surface area contributed by atoms with Crippen molar-refractivity contribution in [2.45, 2.75) is 13.3 Å². The Labute approximate surface area is 102 Å². The fraction of sp³-hybridized carbons (Fsp3) is 0.364. The summed E-state index contributed by atoms with van der Waals surface area (Å²) in [5, 5.41) is 0.580. The second-order valence-corrected chi connectivity index (χ2v) is 4.11. The highest BCUT2D eigenvalue weighted by atomic mass is 32.1. The van der Waals surface area contributed by atoms with E-state index < -0.39 is 24.0 Å². The van der Waals surface area contributed by atoms with Crippen LogP contribution in [0.4, 0.5) is 0 Å². The maximum Gasteiger partial charge on any atom is 0.375 e. The number of Topliss-reactive ketones (excluding diaryl/α,β-unsaturated/α-hetero) is 2. The number of ether oxygens (including phenoxy) is 2. The van der Waals surface area contributed by atoms with Crippen LogP contribution in [0.15, 0.2) is 12.1 Å². The van der Waals surface area contributed by atoms with Gasteiger partial charge in [-0.3, -0.25) is 9.59 Å². The van der Waals surface area contributed by atoms with Crippen molar-refractivity contribution in [1.82, 2.24) is 0 Å². The normalized spacial score (nSPS) is 9.76. The predicted octanol–water partition coefficient (Wildman–Crippen LogP) is 1.46. The fourth-order valence-electron chi connectivity index (χ4n) is 1.10. The minimum atomic E-state index is -0.968. The number of carbonyl (C=O) groups excluding carboxylic acids is 3. The van der Waals surface area contributed by atoms with Gasteiger partial charge in [0.05, 0.1) is 25.0 Å². The Morgan fingerprint density at radius 3 is 2.53 bits per heavy atom. The molecule has 0 aliphatic rings. The van der Waals surface area contributed by atoms with Crippen LogP contribution in [0.1, 0.15) is 23.0 Å². The van der Waals surface area contributed by atoms with Crippen molar-refractivity contribution in [2.24, 2.45) is 0 Å². The molecule has 0 saturated carbocycles. The zero-order valence-corrected chi connectivity index (χ0v) is 10.3. The van der Waals surface area contributed by atoms with Gasteiger partial charge in [-0.05, 0) is 19.1 Å². The molecule has 0 saturated heterocycles. The number of carbonyl (C=O) groups is 3. The molecule has 1 heterocycles. The first kappa shape index (κ1) is 13.4. The van der Waals surface area contributed by atoms with Gasteiger partial charge in [-0.25, -0.2) is 4.79 Å². The standard InChI is InChI=1S/C11H12O5S/c1-3-16-11(14)8(13)6-7(12)9-4-5-10(15-2)17-9/h4-5H,3,6H2,1-2H3. The Hall–Kier alpha value is -1.69. The van der Waals surface area contributed by atoms with Crippen LogP contribution in [-0.2, 0) is 14.3 Å². The molecule has 92 valence electrons. The average Bonchev–Trinajstić information content (AvgIpc) is 2.77. The van der Waals surface area contributed by atoms with Gasteiger partial charge in [0.15, 0.2) is 10.8 Å². The van der Waals surface area contributed by atoms with Crippen LogP contribution in [0.3, 0.4) is 0 Å². The number of rotatable bonds is 6. The van der Waals surface area contributed by atoms with E-state index in [1.165, 1.54) is 7.11 Å². The molecule has 0 amide bonds. The summed E-state index contributed by atoms with van der Waals surface area (Å²) >= 11 is 1.13. The summed E-state index contributed by atoms with van der Waals surface area (Å²) in [6, 6.07) is 3.19. The Balaban J connectivity index is 2.60.